The van der Waals surface area contributed by atoms with E-state index in [2.05, 4.69) is 52.6 Å². The molecule has 19 atom stereocenters. The number of carboxylic acids is 1. The summed E-state index contributed by atoms with van der Waals surface area (Å²) in [6.07, 6.45) is 12.8. The molecule has 0 amide bonds. The van der Waals surface area contributed by atoms with Crippen molar-refractivity contribution in [3.63, 3.8) is 0 Å². The van der Waals surface area contributed by atoms with E-state index in [-0.39, 0.29) is 55.0 Å². The highest BCUT2D eigenvalue weighted by Crippen LogP contribution is 2.56. The average Bonchev–Trinajstić information content (AvgIpc) is 3.86. The van der Waals surface area contributed by atoms with Crippen LogP contribution in [0.3, 0.4) is 0 Å². The summed E-state index contributed by atoms with van der Waals surface area (Å²) in [5, 5.41) is 36.8. The normalized spacial score (nSPS) is 52.3. The van der Waals surface area contributed by atoms with Crippen molar-refractivity contribution >= 4 is 5.97 Å². The van der Waals surface area contributed by atoms with Crippen LogP contribution in [0.5, 0.6) is 0 Å². The quantitative estimate of drug-likeness (QED) is 0.194. The van der Waals surface area contributed by atoms with E-state index in [9.17, 15) is 15.0 Å². The lowest BCUT2D eigenvalue weighted by atomic mass is 9.78. The molecule has 8 saturated heterocycles. The molecule has 8 fully saturated rings. The fraction of sp³-hybridized carbons (Fsp3) is 0.848. The Hall–Kier alpha value is -1.75. The Morgan fingerprint density at radius 2 is 1.75 bits per heavy atom. The number of allylic oxidation sites excluding steroid dienone is 1. The third-order valence-electron chi connectivity index (χ3n) is 15.5. The third kappa shape index (κ3) is 7.96. The molecule has 0 aromatic carbocycles. The van der Waals surface area contributed by atoms with Gasteiger partial charge < -0.3 is 53.2 Å². The summed E-state index contributed by atoms with van der Waals surface area (Å²) in [6, 6.07) is 0. The second-order valence-corrected chi connectivity index (χ2v) is 20.4. The number of hydrogen-bond donors (Lipinski definition) is 4. The van der Waals surface area contributed by atoms with E-state index in [1.807, 2.05) is 18.2 Å². The maximum absolute atomic E-state index is 12.1. The van der Waals surface area contributed by atoms with E-state index >= 15 is 0 Å². The molecule has 0 aliphatic carbocycles. The van der Waals surface area contributed by atoms with Gasteiger partial charge in [0.1, 0.15) is 17.9 Å². The molecule has 9 aliphatic heterocycles. The second kappa shape index (κ2) is 15.8. The first kappa shape index (κ1) is 42.5. The van der Waals surface area contributed by atoms with E-state index in [0.717, 1.165) is 44.2 Å². The van der Waals surface area contributed by atoms with Crippen LogP contribution in [-0.2, 0) is 42.7 Å². The Balaban J connectivity index is 0.832. The highest BCUT2D eigenvalue weighted by molar-refractivity contribution is 5.66. The number of piperidine rings is 1. The molecule has 0 unspecified atom stereocenters. The lowest BCUT2D eigenvalue weighted by Crippen LogP contribution is -2.60. The predicted molar refractivity (Wildman–Crippen MR) is 214 cm³/mol. The average molecular weight is 828 g/mol. The molecule has 3 spiro atoms. The van der Waals surface area contributed by atoms with Gasteiger partial charge in [0.15, 0.2) is 29.4 Å². The molecule has 9 rings (SSSR count). The maximum Gasteiger partial charge on any atom is 0.303 e. The lowest BCUT2D eigenvalue weighted by molar-refractivity contribution is -0.386. The summed E-state index contributed by atoms with van der Waals surface area (Å²) in [4.78, 5) is 10.9. The minimum Gasteiger partial charge on any atom is -0.481 e. The third-order valence-corrected chi connectivity index (χ3v) is 15.5. The van der Waals surface area contributed by atoms with Gasteiger partial charge in [-0.2, -0.15) is 0 Å². The molecular weight excluding hydrogens is 759 g/mol. The van der Waals surface area contributed by atoms with Crippen LogP contribution in [0.15, 0.2) is 36.5 Å². The Kier molecular flexibility index (Phi) is 11.4. The summed E-state index contributed by atoms with van der Waals surface area (Å²) in [7, 11) is 0. The van der Waals surface area contributed by atoms with Gasteiger partial charge in [0.2, 0.25) is 0 Å². The van der Waals surface area contributed by atoms with Gasteiger partial charge in [-0.25, -0.2) is 0 Å². The van der Waals surface area contributed by atoms with Crippen molar-refractivity contribution in [1.82, 2.24) is 5.32 Å². The molecule has 13 heteroatoms. The van der Waals surface area contributed by atoms with Gasteiger partial charge in [-0.15, -0.1) is 0 Å². The van der Waals surface area contributed by atoms with Crippen LogP contribution in [0.1, 0.15) is 125 Å². The number of fused-ring (bicyclic) bond motifs is 5. The molecule has 0 aromatic heterocycles. The van der Waals surface area contributed by atoms with Gasteiger partial charge in [-0.05, 0) is 80.3 Å². The Morgan fingerprint density at radius 3 is 2.54 bits per heavy atom. The van der Waals surface area contributed by atoms with Crippen molar-refractivity contribution in [2.24, 2.45) is 35.5 Å². The number of carboxylic acid groups (broad SMARTS) is 1. The molecule has 0 saturated carbocycles. The molecule has 0 aromatic rings. The monoisotopic (exact) mass is 827 g/mol. The molecule has 2 bridgehead atoms. The first-order valence-corrected chi connectivity index (χ1v) is 22.8. The minimum atomic E-state index is -1.84. The minimum absolute atomic E-state index is 0.0127. The Morgan fingerprint density at radius 1 is 0.932 bits per heavy atom. The number of aliphatic carboxylic acids is 1. The molecule has 4 N–H and O–H groups in total. The number of nitrogens with one attached hydrogen (secondary N) is 1. The Bertz CT molecular complexity index is 1660. The number of aliphatic hydroxyl groups excluding tert-OH is 1. The molecule has 9 heterocycles. The fourth-order valence-corrected chi connectivity index (χ4v) is 12.4. The van der Waals surface area contributed by atoms with Crippen LogP contribution in [-0.4, -0.2) is 106 Å². The van der Waals surface area contributed by atoms with Crippen molar-refractivity contribution in [2.75, 3.05) is 6.54 Å². The summed E-state index contributed by atoms with van der Waals surface area (Å²) in [6.45, 7) is 16.6. The highest BCUT2D eigenvalue weighted by Gasteiger charge is 2.63. The number of ether oxygens (including phenoxy) is 8. The van der Waals surface area contributed by atoms with Crippen molar-refractivity contribution < 1.29 is 58.0 Å². The first-order valence-electron chi connectivity index (χ1n) is 22.8. The zero-order valence-electron chi connectivity index (χ0n) is 35.7. The smallest absolute Gasteiger partial charge is 0.303 e. The standard InChI is InChI=1S/C46H69NO12/c1-26-19-34-39-36(24-44(56-39)30(5)18-27(2)25-47-44)55-43(22-26,54-34)23-29(4)38-28(3)13-15-45(51,57-38)40(50)35-21-32-20-31(6)46(58-41(32)52-35)17-16-42(59-46)14-9-11-33(53-42)10-7-8-12-37(48)49/h7,9-10,14,26-28,30-36,38-41,47,50-51H,4,8,11-13,15-25H2,1-3,5-6H3,(H,48,49)/b10-7+/t26-,27+,28+,30-,31+,32-,33-,34+,35+,36+,38+,39+,40+,41-,42+,43-,44-,45-,46-/m1/s1. The van der Waals surface area contributed by atoms with E-state index in [1.165, 1.54) is 0 Å². The zero-order chi connectivity index (χ0) is 41.5. The number of carbonyl (C=O) groups is 1. The largest absolute Gasteiger partial charge is 0.481 e. The lowest BCUT2D eigenvalue weighted by Gasteiger charge is -2.52. The van der Waals surface area contributed by atoms with Gasteiger partial charge in [-0.1, -0.05) is 59.4 Å². The zero-order valence-corrected chi connectivity index (χ0v) is 35.7. The van der Waals surface area contributed by atoms with Gasteiger partial charge >= 0.3 is 5.97 Å². The highest BCUT2D eigenvalue weighted by atomic mass is 16.8. The molecular formula is C46H69NO12. The summed E-state index contributed by atoms with van der Waals surface area (Å²) in [5.74, 6) is -3.94. The molecule has 9 aliphatic rings. The van der Waals surface area contributed by atoms with Crippen LogP contribution in [0.2, 0.25) is 0 Å². The number of hydrogen-bond acceptors (Lipinski definition) is 12. The number of aliphatic hydroxyl groups is 2. The van der Waals surface area contributed by atoms with Crippen LogP contribution in [0.25, 0.3) is 0 Å². The van der Waals surface area contributed by atoms with Crippen molar-refractivity contribution in [3.8, 4) is 0 Å². The predicted octanol–water partition coefficient (Wildman–Crippen LogP) is 6.21. The van der Waals surface area contributed by atoms with Gasteiger partial charge in [0.05, 0.1) is 30.5 Å². The molecule has 13 nitrogen and oxygen atoms in total. The summed E-state index contributed by atoms with van der Waals surface area (Å²) >= 11 is 0. The van der Waals surface area contributed by atoms with Gasteiger partial charge in [-0.3, -0.25) is 10.1 Å². The summed E-state index contributed by atoms with van der Waals surface area (Å²) < 4.78 is 53.7. The summed E-state index contributed by atoms with van der Waals surface area (Å²) in [5.41, 5.74) is 0.396. The van der Waals surface area contributed by atoms with E-state index in [4.69, 9.17) is 43.0 Å². The van der Waals surface area contributed by atoms with E-state index in [0.29, 0.717) is 62.7 Å². The Labute approximate surface area is 349 Å². The van der Waals surface area contributed by atoms with Crippen LogP contribution >= 0.6 is 0 Å². The van der Waals surface area contributed by atoms with Gasteiger partial charge in [0, 0.05) is 63.3 Å². The van der Waals surface area contributed by atoms with Crippen LogP contribution in [0.4, 0.5) is 0 Å². The van der Waals surface area contributed by atoms with Crippen molar-refractivity contribution in [2.45, 2.75) is 202 Å². The fourth-order valence-electron chi connectivity index (χ4n) is 12.4. The van der Waals surface area contributed by atoms with Crippen molar-refractivity contribution in [3.05, 3.63) is 36.5 Å². The topological polar surface area (TPSA) is 164 Å². The maximum atomic E-state index is 12.1. The SMILES string of the molecule is C=C(C[C@]12C[C@H](C)C[C@H](O1)[C@@H]1O[C@@]3(C[C@@H]1O2)NC[C@@H](C)C[C@H]3C)[C@H]1O[C@@](O)([C@@H](O)[C@@H]2C[C@H]3C[C@H](C)[C@]4(CC[C@]5(C=CC[C@@H](/C=C/CCC(=O)O)O5)O4)O[C@H]3O2)CC[C@@H]1C. The number of rotatable bonds is 9. The van der Waals surface area contributed by atoms with Gasteiger partial charge in [0.25, 0.3) is 0 Å². The molecule has 0 radical (unpaired) electrons. The van der Waals surface area contributed by atoms with Crippen molar-refractivity contribution in [1.29, 1.82) is 0 Å². The molecule has 330 valence electrons. The molecule has 59 heavy (non-hydrogen) atoms. The van der Waals surface area contributed by atoms with E-state index < -0.39 is 59.4 Å². The first-order chi connectivity index (χ1) is 28.0. The second-order valence-electron chi connectivity index (χ2n) is 20.4. The van der Waals surface area contributed by atoms with Crippen LogP contribution < -0.4 is 5.32 Å². The van der Waals surface area contributed by atoms with Crippen LogP contribution in [0, 0.1) is 35.5 Å². The van der Waals surface area contributed by atoms with E-state index in [1.54, 1.807) is 0 Å².